The molecular weight excluding hydrogens is 248 g/mol. The Bertz CT molecular complexity index is 439. The molecule has 0 atom stereocenters. The standard InChI is InChI=1S/C16H26N4/c1-2-13(1)9-18-14-5-7-19(8-6-14)11-16-10-17-12-20(16)15-3-4-15/h10,12-15,18H,1-9,11H2. The molecule has 0 bridgehead atoms. The average molecular weight is 274 g/mol. The summed E-state index contributed by atoms with van der Waals surface area (Å²) in [4.78, 5) is 6.95. The van der Waals surface area contributed by atoms with Gasteiger partial charge in [0.25, 0.3) is 0 Å². The summed E-state index contributed by atoms with van der Waals surface area (Å²) in [6.07, 6.45) is 12.3. The van der Waals surface area contributed by atoms with Crippen LogP contribution in [0, 0.1) is 5.92 Å². The molecule has 1 saturated heterocycles. The van der Waals surface area contributed by atoms with Gasteiger partial charge in [0.1, 0.15) is 0 Å². The second-order valence-corrected chi connectivity index (χ2v) is 6.93. The first-order valence-corrected chi connectivity index (χ1v) is 8.35. The van der Waals surface area contributed by atoms with Crippen molar-refractivity contribution < 1.29 is 0 Å². The third-order valence-electron chi connectivity index (χ3n) is 5.05. The van der Waals surface area contributed by atoms with E-state index in [2.05, 4.69) is 26.0 Å². The molecule has 2 saturated carbocycles. The Hall–Kier alpha value is -0.870. The number of hydrogen-bond donors (Lipinski definition) is 1. The Morgan fingerprint density at radius 3 is 2.60 bits per heavy atom. The lowest BCUT2D eigenvalue weighted by molar-refractivity contribution is 0.186. The Kier molecular flexibility index (Phi) is 3.52. The van der Waals surface area contributed by atoms with E-state index in [1.54, 1.807) is 0 Å². The zero-order valence-corrected chi connectivity index (χ0v) is 12.3. The SMILES string of the molecule is c1ncn(C2CC2)c1CN1CCC(NCC2CC2)CC1. The summed E-state index contributed by atoms with van der Waals surface area (Å²) in [6.45, 7) is 4.82. The van der Waals surface area contributed by atoms with Gasteiger partial charge < -0.3 is 9.88 Å². The number of imidazole rings is 1. The number of nitrogens with zero attached hydrogens (tertiary/aromatic N) is 3. The molecule has 1 N–H and O–H groups in total. The summed E-state index contributed by atoms with van der Waals surface area (Å²) < 4.78 is 2.40. The van der Waals surface area contributed by atoms with E-state index in [1.807, 2.05) is 6.33 Å². The van der Waals surface area contributed by atoms with Crippen LogP contribution >= 0.6 is 0 Å². The van der Waals surface area contributed by atoms with Gasteiger partial charge in [0, 0.05) is 37.9 Å². The van der Waals surface area contributed by atoms with Crippen LogP contribution in [0.5, 0.6) is 0 Å². The molecule has 4 heteroatoms. The maximum Gasteiger partial charge on any atom is 0.0951 e. The van der Waals surface area contributed by atoms with E-state index in [0.29, 0.717) is 0 Å². The van der Waals surface area contributed by atoms with Gasteiger partial charge in [-0.1, -0.05) is 0 Å². The van der Waals surface area contributed by atoms with E-state index in [-0.39, 0.29) is 0 Å². The zero-order valence-electron chi connectivity index (χ0n) is 12.3. The summed E-state index contributed by atoms with van der Waals surface area (Å²) in [6, 6.07) is 1.52. The lowest BCUT2D eigenvalue weighted by atomic mass is 10.0. The number of piperidine rings is 1. The monoisotopic (exact) mass is 274 g/mol. The van der Waals surface area contributed by atoms with Crippen LogP contribution in [0.3, 0.4) is 0 Å². The van der Waals surface area contributed by atoms with Crippen LogP contribution in [-0.2, 0) is 6.54 Å². The Balaban J connectivity index is 1.25. The van der Waals surface area contributed by atoms with E-state index in [0.717, 1.165) is 24.5 Å². The highest BCUT2D eigenvalue weighted by Crippen LogP contribution is 2.36. The maximum atomic E-state index is 4.34. The number of hydrogen-bond acceptors (Lipinski definition) is 3. The molecule has 4 nitrogen and oxygen atoms in total. The molecule has 110 valence electrons. The van der Waals surface area contributed by atoms with Crippen LogP contribution in [0.4, 0.5) is 0 Å². The van der Waals surface area contributed by atoms with Crippen molar-refractivity contribution in [2.75, 3.05) is 19.6 Å². The van der Waals surface area contributed by atoms with Crippen LogP contribution in [-0.4, -0.2) is 40.1 Å². The summed E-state index contributed by atoms with van der Waals surface area (Å²) in [5.74, 6) is 1.00. The quantitative estimate of drug-likeness (QED) is 0.863. The highest BCUT2D eigenvalue weighted by atomic mass is 15.2. The first-order chi connectivity index (χ1) is 9.88. The van der Waals surface area contributed by atoms with Gasteiger partial charge in [-0.2, -0.15) is 0 Å². The first-order valence-electron chi connectivity index (χ1n) is 8.35. The predicted octanol–water partition coefficient (Wildman–Crippen LogP) is 2.18. The molecule has 3 fully saturated rings. The smallest absolute Gasteiger partial charge is 0.0951 e. The van der Waals surface area contributed by atoms with E-state index < -0.39 is 0 Å². The molecule has 1 aliphatic heterocycles. The van der Waals surface area contributed by atoms with Crippen molar-refractivity contribution in [3.8, 4) is 0 Å². The van der Waals surface area contributed by atoms with Crippen molar-refractivity contribution in [2.24, 2.45) is 5.92 Å². The molecule has 0 spiro atoms. The molecule has 0 unspecified atom stereocenters. The lowest BCUT2D eigenvalue weighted by Crippen LogP contribution is -2.42. The summed E-state index contributed by atoms with van der Waals surface area (Å²) in [5.41, 5.74) is 1.41. The molecule has 1 aromatic heterocycles. The minimum Gasteiger partial charge on any atom is -0.330 e. The van der Waals surface area contributed by atoms with Crippen LogP contribution in [0.1, 0.15) is 50.3 Å². The fourth-order valence-electron chi connectivity index (χ4n) is 3.32. The number of rotatable bonds is 6. The molecule has 2 aliphatic carbocycles. The Labute approximate surface area is 121 Å². The van der Waals surface area contributed by atoms with Gasteiger partial charge >= 0.3 is 0 Å². The van der Waals surface area contributed by atoms with Crippen LogP contribution in [0.2, 0.25) is 0 Å². The predicted molar refractivity (Wildman–Crippen MR) is 79.5 cm³/mol. The lowest BCUT2D eigenvalue weighted by Gasteiger charge is -2.32. The summed E-state index contributed by atoms with van der Waals surface area (Å²) in [5, 5.41) is 3.76. The van der Waals surface area contributed by atoms with Crippen LogP contribution < -0.4 is 5.32 Å². The van der Waals surface area contributed by atoms with E-state index in [1.165, 1.54) is 63.9 Å². The van der Waals surface area contributed by atoms with E-state index in [4.69, 9.17) is 0 Å². The normalized spacial score (nSPS) is 25.2. The third kappa shape index (κ3) is 3.07. The fraction of sp³-hybridized carbons (Fsp3) is 0.812. The first kappa shape index (κ1) is 12.8. The average Bonchev–Trinajstić information content (AvgIpc) is 3.39. The topological polar surface area (TPSA) is 33.1 Å². The van der Waals surface area contributed by atoms with Gasteiger partial charge in [-0.25, -0.2) is 4.98 Å². The molecule has 2 heterocycles. The van der Waals surface area contributed by atoms with Crippen molar-refractivity contribution in [2.45, 2.75) is 57.2 Å². The van der Waals surface area contributed by atoms with Crippen molar-refractivity contribution in [3.63, 3.8) is 0 Å². The highest BCUT2D eigenvalue weighted by Gasteiger charge is 2.27. The second-order valence-electron chi connectivity index (χ2n) is 6.93. The molecule has 4 rings (SSSR count). The van der Waals surface area contributed by atoms with Gasteiger partial charge in [-0.3, -0.25) is 4.90 Å². The van der Waals surface area contributed by atoms with Crippen molar-refractivity contribution in [3.05, 3.63) is 18.2 Å². The minimum absolute atomic E-state index is 0.755. The molecule has 3 aliphatic rings. The fourth-order valence-corrected chi connectivity index (χ4v) is 3.32. The van der Waals surface area contributed by atoms with Gasteiger partial charge in [0.2, 0.25) is 0 Å². The van der Waals surface area contributed by atoms with Crippen molar-refractivity contribution in [1.82, 2.24) is 19.8 Å². The highest BCUT2D eigenvalue weighted by molar-refractivity contribution is 5.03. The Morgan fingerprint density at radius 1 is 1.10 bits per heavy atom. The molecule has 0 radical (unpaired) electrons. The third-order valence-corrected chi connectivity index (χ3v) is 5.05. The molecule has 0 amide bonds. The summed E-state index contributed by atoms with van der Waals surface area (Å²) >= 11 is 0. The molecule has 20 heavy (non-hydrogen) atoms. The number of nitrogens with one attached hydrogen (secondary N) is 1. The summed E-state index contributed by atoms with van der Waals surface area (Å²) in [7, 11) is 0. The van der Waals surface area contributed by atoms with Gasteiger partial charge in [0.05, 0.1) is 12.0 Å². The van der Waals surface area contributed by atoms with Crippen molar-refractivity contribution in [1.29, 1.82) is 0 Å². The molecular formula is C16H26N4. The van der Waals surface area contributed by atoms with Gasteiger partial charge in [-0.05, 0) is 51.0 Å². The Morgan fingerprint density at radius 2 is 1.90 bits per heavy atom. The van der Waals surface area contributed by atoms with E-state index >= 15 is 0 Å². The largest absolute Gasteiger partial charge is 0.330 e. The molecule has 0 aromatic carbocycles. The zero-order chi connectivity index (χ0) is 13.4. The van der Waals surface area contributed by atoms with Gasteiger partial charge in [-0.15, -0.1) is 0 Å². The molecule has 1 aromatic rings. The van der Waals surface area contributed by atoms with Gasteiger partial charge in [0.15, 0.2) is 0 Å². The second kappa shape index (κ2) is 5.49. The maximum absolute atomic E-state index is 4.34. The van der Waals surface area contributed by atoms with Crippen molar-refractivity contribution >= 4 is 0 Å². The number of likely N-dealkylation sites (tertiary alicyclic amines) is 1. The number of aromatic nitrogens is 2. The van der Waals surface area contributed by atoms with Crippen LogP contribution in [0.25, 0.3) is 0 Å². The minimum atomic E-state index is 0.755. The van der Waals surface area contributed by atoms with E-state index in [9.17, 15) is 0 Å². The van der Waals surface area contributed by atoms with Crippen LogP contribution in [0.15, 0.2) is 12.5 Å².